The number of hydrogen-bond donors (Lipinski definition) is 2. The lowest BCUT2D eigenvalue weighted by Crippen LogP contribution is -2.14. The molecule has 2 aromatic rings. The maximum atomic E-state index is 5.98. The summed E-state index contributed by atoms with van der Waals surface area (Å²) in [5, 5.41) is 1.99. The van der Waals surface area contributed by atoms with Gasteiger partial charge in [0.25, 0.3) is 0 Å². The summed E-state index contributed by atoms with van der Waals surface area (Å²) in [5.74, 6) is 0.777. The molecule has 2 heterocycles. The highest BCUT2D eigenvalue weighted by Gasteiger charge is 2.11. The summed E-state index contributed by atoms with van der Waals surface area (Å²) in [6.07, 6.45) is 2.52. The number of nitrogens with one attached hydrogen (secondary N) is 1. The molecule has 0 aliphatic carbocycles. The Morgan fingerprint density at radius 2 is 2.47 bits per heavy atom. The lowest BCUT2D eigenvalue weighted by Gasteiger charge is -2.07. The Labute approximate surface area is 109 Å². The van der Waals surface area contributed by atoms with Crippen molar-refractivity contribution in [3.63, 3.8) is 0 Å². The minimum absolute atomic E-state index is 0.127. The van der Waals surface area contributed by atoms with Crippen molar-refractivity contribution in [1.82, 2.24) is 9.97 Å². The van der Waals surface area contributed by atoms with Gasteiger partial charge in [0.1, 0.15) is 5.82 Å². The molecule has 1 atom stereocenters. The van der Waals surface area contributed by atoms with Crippen LogP contribution in [0.3, 0.4) is 0 Å². The Morgan fingerprint density at radius 1 is 1.65 bits per heavy atom. The number of imidazole rings is 1. The van der Waals surface area contributed by atoms with Gasteiger partial charge in [0.05, 0.1) is 22.3 Å². The molecule has 0 fully saturated rings. The van der Waals surface area contributed by atoms with Gasteiger partial charge in [0, 0.05) is 24.7 Å². The summed E-state index contributed by atoms with van der Waals surface area (Å²) >= 11 is 7.39. The second-order valence-electron chi connectivity index (χ2n) is 3.71. The predicted octanol–water partition coefficient (Wildman–Crippen LogP) is 2.83. The first-order valence-corrected chi connectivity index (χ1v) is 6.50. The zero-order chi connectivity index (χ0) is 12.3. The molecule has 3 N–H and O–H groups in total. The van der Waals surface area contributed by atoms with Crippen molar-refractivity contribution in [3.05, 3.63) is 27.8 Å². The summed E-state index contributed by atoms with van der Waals surface area (Å²) in [6.45, 7) is 0.626. The Balaban J connectivity index is 2.10. The van der Waals surface area contributed by atoms with Crippen LogP contribution in [0.15, 0.2) is 17.6 Å². The summed E-state index contributed by atoms with van der Waals surface area (Å²) < 4.78 is 5.76. The smallest absolute Gasteiger partial charge is 0.123 e. The quantitative estimate of drug-likeness (QED) is 0.879. The molecule has 0 aliphatic rings. The highest BCUT2D eigenvalue weighted by atomic mass is 35.5. The number of halogens is 1. The largest absolute Gasteiger partial charge is 0.385 e. The van der Waals surface area contributed by atoms with Crippen LogP contribution in [0.2, 0.25) is 4.34 Å². The normalized spacial score (nSPS) is 12.9. The number of nitrogens with two attached hydrogens (primary N) is 1. The number of aromatic nitrogens is 2. The third-order valence-corrected chi connectivity index (χ3v) is 3.55. The molecule has 6 heteroatoms. The molecule has 0 saturated carbocycles. The molecule has 1 unspecified atom stereocenters. The molecule has 0 aliphatic heterocycles. The Morgan fingerprint density at radius 3 is 3.12 bits per heavy atom. The molecule has 0 bridgehead atoms. The van der Waals surface area contributed by atoms with E-state index in [1.165, 1.54) is 11.3 Å². The first-order valence-electron chi connectivity index (χ1n) is 5.24. The highest BCUT2D eigenvalue weighted by molar-refractivity contribution is 7.14. The van der Waals surface area contributed by atoms with Gasteiger partial charge in [-0.2, -0.15) is 0 Å². The molecule has 0 aromatic carbocycles. The average Bonchev–Trinajstić information content (AvgIpc) is 2.93. The lowest BCUT2D eigenvalue weighted by molar-refractivity contribution is 0.187. The van der Waals surface area contributed by atoms with Gasteiger partial charge in [-0.25, -0.2) is 4.98 Å². The number of aromatic amines is 1. The number of thiophene rings is 1. The maximum absolute atomic E-state index is 5.98. The summed E-state index contributed by atoms with van der Waals surface area (Å²) in [4.78, 5) is 7.49. The van der Waals surface area contributed by atoms with Gasteiger partial charge in [0.15, 0.2) is 0 Å². The fourth-order valence-corrected chi connectivity index (χ4v) is 2.39. The molecular weight excluding hydrogens is 258 g/mol. The molecule has 92 valence electrons. The van der Waals surface area contributed by atoms with Gasteiger partial charge < -0.3 is 15.5 Å². The van der Waals surface area contributed by atoms with Crippen LogP contribution in [0, 0.1) is 0 Å². The fourth-order valence-electron chi connectivity index (χ4n) is 1.50. The number of ether oxygens (including phenoxy) is 1. The Kier molecular flexibility index (Phi) is 4.17. The predicted molar refractivity (Wildman–Crippen MR) is 70.3 cm³/mol. The molecular formula is C11H14ClN3OS. The van der Waals surface area contributed by atoms with Crippen molar-refractivity contribution in [1.29, 1.82) is 0 Å². The lowest BCUT2D eigenvalue weighted by atomic mass is 10.2. The van der Waals surface area contributed by atoms with E-state index in [2.05, 4.69) is 9.97 Å². The Bertz CT molecular complexity index is 483. The van der Waals surface area contributed by atoms with Gasteiger partial charge in [-0.15, -0.1) is 11.3 Å². The molecule has 17 heavy (non-hydrogen) atoms. The van der Waals surface area contributed by atoms with Crippen molar-refractivity contribution in [3.8, 4) is 11.3 Å². The van der Waals surface area contributed by atoms with Gasteiger partial charge in [0.2, 0.25) is 0 Å². The van der Waals surface area contributed by atoms with Crippen molar-refractivity contribution in [2.75, 3.05) is 13.7 Å². The number of nitrogens with zero attached hydrogens (tertiary/aromatic N) is 1. The molecule has 2 aromatic heterocycles. The van der Waals surface area contributed by atoms with Crippen molar-refractivity contribution in [2.45, 2.75) is 12.5 Å². The summed E-state index contributed by atoms with van der Waals surface area (Å²) in [7, 11) is 1.66. The number of rotatable bonds is 5. The average molecular weight is 272 g/mol. The van der Waals surface area contributed by atoms with E-state index >= 15 is 0 Å². The van der Waals surface area contributed by atoms with Crippen molar-refractivity contribution < 1.29 is 4.74 Å². The number of hydrogen-bond acceptors (Lipinski definition) is 4. The minimum atomic E-state index is -0.127. The fraction of sp³-hybridized carbons (Fsp3) is 0.364. The van der Waals surface area contributed by atoms with E-state index in [0.717, 1.165) is 27.8 Å². The second-order valence-corrected chi connectivity index (χ2v) is 5.25. The first kappa shape index (κ1) is 12.6. The minimum Gasteiger partial charge on any atom is -0.385 e. The van der Waals surface area contributed by atoms with E-state index in [1.807, 2.05) is 11.4 Å². The molecule has 4 nitrogen and oxygen atoms in total. The van der Waals surface area contributed by atoms with E-state index in [0.29, 0.717) is 6.61 Å². The topological polar surface area (TPSA) is 63.9 Å². The number of H-pyrrole nitrogens is 1. The van der Waals surface area contributed by atoms with Crippen LogP contribution in [0.25, 0.3) is 11.3 Å². The maximum Gasteiger partial charge on any atom is 0.123 e. The van der Waals surface area contributed by atoms with Gasteiger partial charge >= 0.3 is 0 Å². The number of methoxy groups -OCH3 is 1. The van der Waals surface area contributed by atoms with Crippen LogP contribution in [-0.4, -0.2) is 23.7 Å². The molecule has 2 rings (SSSR count). The van der Waals surface area contributed by atoms with Gasteiger partial charge in [-0.1, -0.05) is 11.6 Å². The molecule has 0 radical (unpaired) electrons. The van der Waals surface area contributed by atoms with E-state index in [4.69, 9.17) is 22.1 Å². The van der Waals surface area contributed by atoms with E-state index < -0.39 is 0 Å². The van der Waals surface area contributed by atoms with Crippen LogP contribution in [-0.2, 0) is 4.74 Å². The van der Waals surface area contributed by atoms with E-state index in [1.54, 1.807) is 13.3 Å². The van der Waals surface area contributed by atoms with Crippen LogP contribution in [0.4, 0.5) is 0 Å². The van der Waals surface area contributed by atoms with Crippen LogP contribution < -0.4 is 5.73 Å². The second kappa shape index (κ2) is 5.64. The first-order chi connectivity index (χ1) is 8.20. The van der Waals surface area contributed by atoms with Gasteiger partial charge in [-0.3, -0.25) is 0 Å². The highest BCUT2D eigenvalue weighted by Crippen LogP contribution is 2.28. The summed E-state index contributed by atoms with van der Waals surface area (Å²) in [5.41, 5.74) is 7.96. The third-order valence-electron chi connectivity index (χ3n) is 2.46. The standard InChI is InChI=1S/C11H14ClN3OS/c1-16-3-2-8(13)11-14-5-9(15-11)7-4-10(12)17-6-7/h4-6,8H,2-3,13H2,1H3,(H,14,15). The van der Waals surface area contributed by atoms with Gasteiger partial charge in [-0.05, 0) is 12.5 Å². The van der Waals surface area contributed by atoms with Crippen LogP contribution >= 0.6 is 22.9 Å². The van der Waals surface area contributed by atoms with E-state index in [9.17, 15) is 0 Å². The SMILES string of the molecule is COCCC(N)c1ncc(-c2csc(Cl)c2)[nH]1. The van der Waals surface area contributed by atoms with Crippen LogP contribution in [0.1, 0.15) is 18.3 Å². The molecule has 0 saturated heterocycles. The van der Waals surface area contributed by atoms with Crippen molar-refractivity contribution in [2.24, 2.45) is 5.73 Å². The van der Waals surface area contributed by atoms with E-state index in [-0.39, 0.29) is 6.04 Å². The monoisotopic (exact) mass is 271 g/mol. The molecule has 0 amide bonds. The third kappa shape index (κ3) is 3.07. The molecule has 0 spiro atoms. The van der Waals surface area contributed by atoms with Crippen molar-refractivity contribution >= 4 is 22.9 Å². The van der Waals surface area contributed by atoms with Crippen LogP contribution in [0.5, 0.6) is 0 Å². The summed E-state index contributed by atoms with van der Waals surface area (Å²) in [6, 6.07) is 1.78. The Hall–Kier alpha value is -0.880. The zero-order valence-corrected chi connectivity index (χ0v) is 11.0. The zero-order valence-electron chi connectivity index (χ0n) is 9.44.